The van der Waals surface area contributed by atoms with Gasteiger partial charge in [-0.1, -0.05) is 0 Å². The average Bonchev–Trinajstić information content (AvgIpc) is 2.60. The summed E-state index contributed by atoms with van der Waals surface area (Å²) in [4.78, 5) is 25.2. The molecule has 0 fully saturated rings. The van der Waals surface area contributed by atoms with Crippen molar-refractivity contribution in [1.82, 2.24) is 10.3 Å². The van der Waals surface area contributed by atoms with Crippen molar-refractivity contribution >= 4 is 11.9 Å². The van der Waals surface area contributed by atoms with Crippen molar-refractivity contribution in [2.24, 2.45) is 0 Å². The Balaban J connectivity index is 2.45. The zero-order chi connectivity index (χ0) is 13.1. The van der Waals surface area contributed by atoms with Crippen LogP contribution in [0.2, 0.25) is 0 Å². The molecule has 1 aromatic heterocycles. The lowest BCUT2D eigenvalue weighted by Crippen LogP contribution is -2.32. The van der Waals surface area contributed by atoms with Crippen molar-refractivity contribution in [3.8, 4) is 0 Å². The largest absolute Gasteiger partial charge is 0.444 e. The van der Waals surface area contributed by atoms with Gasteiger partial charge in [-0.05, 0) is 32.4 Å². The number of amides is 1. The van der Waals surface area contributed by atoms with E-state index in [2.05, 4.69) is 10.3 Å². The number of Topliss-reactive ketones (excluding diaryl/α,β-unsaturated/α-hetero) is 1. The van der Waals surface area contributed by atoms with Gasteiger partial charge in [0.1, 0.15) is 5.60 Å². The first-order valence-corrected chi connectivity index (χ1v) is 5.43. The van der Waals surface area contributed by atoms with Crippen LogP contribution in [-0.2, 0) is 11.3 Å². The van der Waals surface area contributed by atoms with Gasteiger partial charge in [-0.15, -0.1) is 0 Å². The fourth-order valence-corrected chi connectivity index (χ4v) is 1.23. The summed E-state index contributed by atoms with van der Waals surface area (Å²) in [5.74, 6) is -0.0338. The van der Waals surface area contributed by atoms with E-state index in [1.54, 1.807) is 33.0 Å². The minimum absolute atomic E-state index is 0.0338. The Labute approximate surface area is 101 Å². The third-order valence-corrected chi connectivity index (χ3v) is 1.96. The molecule has 0 aromatic carbocycles. The molecule has 0 aliphatic rings. The number of hydrogen-bond donors (Lipinski definition) is 2. The summed E-state index contributed by atoms with van der Waals surface area (Å²) in [6.07, 6.45) is 1.22. The van der Waals surface area contributed by atoms with Crippen molar-refractivity contribution in [2.75, 3.05) is 0 Å². The van der Waals surface area contributed by atoms with Gasteiger partial charge in [0.15, 0.2) is 5.78 Å². The van der Waals surface area contributed by atoms with E-state index >= 15 is 0 Å². The lowest BCUT2D eigenvalue weighted by molar-refractivity contribution is 0.0523. The topological polar surface area (TPSA) is 71.2 Å². The fourth-order valence-electron chi connectivity index (χ4n) is 1.23. The summed E-state index contributed by atoms with van der Waals surface area (Å²) in [7, 11) is 0. The van der Waals surface area contributed by atoms with E-state index in [1.165, 1.54) is 6.92 Å². The Morgan fingerprint density at radius 2 is 2.06 bits per heavy atom. The molecule has 0 unspecified atom stereocenters. The highest BCUT2D eigenvalue weighted by Gasteiger charge is 2.15. The SMILES string of the molecule is CC(=O)c1cc(CNC(=O)OC(C)(C)C)c[nH]1. The molecule has 94 valence electrons. The van der Waals surface area contributed by atoms with Crippen LogP contribution >= 0.6 is 0 Å². The lowest BCUT2D eigenvalue weighted by Gasteiger charge is -2.19. The smallest absolute Gasteiger partial charge is 0.407 e. The second-order valence-corrected chi connectivity index (χ2v) is 4.83. The van der Waals surface area contributed by atoms with Gasteiger partial charge in [0, 0.05) is 19.7 Å². The summed E-state index contributed by atoms with van der Waals surface area (Å²) in [5, 5.41) is 2.62. The first kappa shape index (κ1) is 13.3. The first-order valence-electron chi connectivity index (χ1n) is 5.43. The third kappa shape index (κ3) is 4.72. The van der Waals surface area contributed by atoms with E-state index in [0.717, 1.165) is 5.56 Å². The highest BCUT2D eigenvalue weighted by atomic mass is 16.6. The minimum atomic E-state index is -0.507. The van der Waals surface area contributed by atoms with Gasteiger partial charge in [-0.3, -0.25) is 4.79 Å². The number of rotatable bonds is 3. The maximum Gasteiger partial charge on any atom is 0.407 e. The molecule has 1 heterocycles. The van der Waals surface area contributed by atoms with Crippen molar-refractivity contribution in [2.45, 2.75) is 39.8 Å². The normalized spacial score (nSPS) is 11.1. The molecule has 1 aromatic rings. The van der Waals surface area contributed by atoms with Crippen LogP contribution in [0.4, 0.5) is 4.79 Å². The number of carbonyl (C=O) groups is 2. The molecule has 0 saturated carbocycles. The van der Waals surface area contributed by atoms with E-state index in [0.29, 0.717) is 12.2 Å². The monoisotopic (exact) mass is 238 g/mol. The molecule has 1 rings (SSSR count). The summed E-state index contributed by atoms with van der Waals surface area (Å²) in [6.45, 7) is 7.22. The molecule has 0 bridgehead atoms. The second kappa shape index (κ2) is 5.03. The molecule has 5 nitrogen and oxygen atoms in total. The van der Waals surface area contributed by atoms with Gasteiger partial charge < -0.3 is 15.0 Å². The van der Waals surface area contributed by atoms with E-state index in [-0.39, 0.29) is 5.78 Å². The van der Waals surface area contributed by atoms with Crippen molar-refractivity contribution in [3.05, 3.63) is 23.5 Å². The van der Waals surface area contributed by atoms with Gasteiger partial charge in [0.05, 0.1) is 5.69 Å². The quantitative estimate of drug-likeness (QED) is 0.793. The second-order valence-electron chi connectivity index (χ2n) is 4.83. The van der Waals surface area contributed by atoms with E-state index < -0.39 is 11.7 Å². The Hall–Kier alpha value is -1.78. The zero-order valence-corrected chi connectivity index (χ0v) is 10.6. The number of ether oxygens (including phenoxy) is 1. The first-order chi connectivity index (χ1) is 7.78. The summed E-state index contributed by atoms with van der Waals surface area (Å²) in [6, 6.07) is 1.71. The number of carbonyl (C=O) groups excluding carboxylic acids is 2. The summed E-state index contributed by atoms with van der Waals surface area (Å²) >= 11 is 0. The number of hydrogen-bond acceptors (Lipinski definition) is 3. The number of nitrogens with one attached hydrogen (secondary N) is 2. The summed E-state index contributed by atoms with van der Waals surface area (Å²) < 4.78 is 5.09. The highest BCUT2D eigenvalue weighted by molar-refractivity contribution is 5.92. The van der Waals surface area contributed by atoms with E-state index in [9.17, 15) is 9.59 Å². The molecule has 0 saturated heterocycles. The van der Waals surface area contributed by atoms with Crippen LogP contribution in [0.3, 0.4) is 0 Å². The van der Waals surface area contributed by atoms with Crippen LogP contribution in [0, 0.1) is 0 Å². The fraction of sp³-hybridized carbons (Fsp3) is 0.500. The predicted molar refractivity (Wildman–Crippen MR) is 63.9 cm³/mol. The molecule has 0 atom stereocenters. The predicted octanol–water partition coefficient (Wildman–Crippen LogP) is 2.24. The maximum atomic E-state index is 11.4. The number of aromatic nitrogens is 1. The lowest BCUT2D eigenvalue weighted by atomic mass is 10.2. The van der Waals surface area contributed by atoms with Crippen molar-refractivity contribution < 1.29 is 14.3 Å². The maximum absolute atomic E-state index is 11.4. The number of alkyl carbamates (subject to hydrolysis) is 1. The van der Waals surface area contributed by atoms with Gasteiger partial charge in [0.2, 0.25) is 0 Å². The van der Waals surface area contributed by atoms with E-state index in [4.69, 9.17) is 4.74 Å². The Morgan fingerprint density at radius 3 is 2.53 bits per heavy atom. The van der Waals surface area contributed by atoms with Gasteiger partial charge >= 0.3 is 6.09 Å². The molecule has 0 aliphatic heterocycles. The zero-order valence-electron chi connectivity index (χ0n) is 10.6. The average molecular weight is 238 g/mol. The van der Waals surface area contributed by atoms with E-state index in [1.807, 2.05) is 0 Å². The number of H-pyrrole nitrogens is 1. The summed E-state index contributed by atoms with van der Waals surface area (Å²) in [5.41, 5.74) is 0.860. The van der Waals surface area contributed by atoms with Gasteiger partial charge in [0.25, 0.3) is 0 Å². The van der Waals surface area contributed by atoms with Gasteiger partial charge in [-0.2, -0.15) is 0 Å². The Bertz CT molecular complexity index is 416. The van der Waals surface area contributed by atoms with Crippen LogP contribution in [-0.4, -0.2) is 22.5 Å². The molecule has 5 heteroatoms. The number of ketones is 1. The minimum Gasteiger partial charge on any atom is -0.444 e. The molecule has 17 heavy (non-hydrogen) atoms. The van der Waals surface area contributed by atoms with Crippen molar-refractivity contribution in [3.63, 3.8) is 0 Å². The molecular formula is C12H18N2O3. The van der Waals surface area contributed by atoms with Crippen LogP contribution in [0.25, 0.3) is 0 Å². The van der Waals surface area contributed by atoms with Crippen molar-refractivity contribution in [1.29, 1.82) is 0 Å². The van der Waals surface area contributed by atoms with Crippen LogP contribution < -0.4 is 5.32 Å². The molecular weight excluding hydrogens is 220 g/mol. The number of aromatic amines is 1. The van der Waals surface area contributed by atoms with Crippen LogP contribution in [0.5, 0.6) is 0 Å². The third-order valence-electron chi connectivity index (χ3n) is 1.96. The molecule has 2 N–H and O–H groups in total. The Morgan fingerprint density at radius 1 is 1.41 bits per heavy atom. The molecule has 0 aliphatic carbocycles. The van der Waals surface area contributed by atoms with Crippen LogP contribution in [0.1, 0.15) is 43.7 Å². The highest BCUT2D eigenvalue weighted by Crippen LogP contribution is 2.08. The standard InChI is InChI=1S/C12H18N2O3/c1-8(15)10-5-9(6-13-10)7-14-11(16)17-12(2,3)4/h5-6,13H,7H2,1-4H3,(H,14,16). The molecule has 0 radical (unpaired) electrons. The van der Waals surface area contributed by atoms with Crippen LogP contribution in [0.15, 0.2) is 12.3 Å². The molecule has 0 spiro atoms. The van der Waals surface area contributed by atoms with Gasteiger partial charge in [-0.25, -0.2) is 4.79 Å². The molecule has 1 amide bonds. The Kier molecular flexibility index (Phi) is 3.93.